The Morgan fingerprint density at radius 1 is 1.12 bits per heavy atom. The lowest BCUT2D eigenvalue weighted by Crippen LogP contribution is -2.36. The molecule has 1 N–H and O–H groups in total. The van der Waals surface area contributed by atoms with Crippen LogP contribution in [0.5, 0.6) is 0 Å². The van der Waals surface area contributed by atoms with E-state index in [0.29, 0.717) is 13.1 Å². The summed E-state index contributed by atoms with van der Waals surface area (Å²) in [6.07, 6.45) is 2.15. The van der Waals surface area contributed by atoms with Gasteiger partial charge in [0.1, 0.15) is 5.01 Å². The number of carbonyl (C=O) groups is 1. The normalized spacial score (nSPS) is 16.5. The highest BCUT2D eigenvalue weighted by Crippen LogP contribution is 2.36. The number of likely N-dealkylation sites (tertiary alicyclic amines) is 1. The summed E-state index contributed by atoms with van der Waals surface area (Å²) in [4.78, 5) is 20.0. The first-order valence-corrected chi connectivity index (χ1v) is 12.3. The number of aromatic nitrogens is 3. The van der Waals surface area contributed by atoms with Crippen molar-refractivity contribution in [2.75, 3.05) is 13.1 Å². The monoisotopic (exact) mass is 459 g/mol. The number of hydrogen-bond donors (Lipinski definition) is 1. The molecule has 0 bridgehead atoms. The van der Waals surface area contributed by atoms with Gasteiger partial charge in [0.2, 0.25) is 5.91 Å². The second-order valence-corrected chi connectivity index (χ2v) is 9.78. The van der Waals surface area contributed by atoms with Crippen molar-refractivity contribution in [3.8, 4) is 0 Å². The minimum Gasteiger partial charge on any atom is -0.351 e. The average molecular weight is 460 g/mol. The van der Waals surface area contributed by atoms with Crippen LogP contribution in [-0.2, 0) is 17.9 Å². The minimum absolute atomic E-state index is 0.0534. The highest BCUT2D eigenvalue weighted by atomic mass is 32.1. The van der Waals surface area contributed by atoms with Crippen LogP contribution in [0.25, 0.3) is 10.2 Å². The van der Waals surface area contributed by atoms with Gasteiger partial charge in [0.25, 0.3) is 0 Å². The summed E-state index contributed by atoms with van der Waals surface area (Å²) in [5, 5.41) is 8.96. The summed E-state index contributed by atoms with van der Waals surface area (Å²) in [6.45, 7) is 6.66. The van der Waals surface area contributed by atoms with Crippen LogP contribution < -0.4 is 5.32 Å². The van der Waals surface area contributed by atoms with Crippen molar-refractivity contribution in [2.45, 2.75) is 45.8 Å². The van der Waals surface area contributed by atoms with E-state index in [9.17, 15) is 4.79 Å². The number of nitrogens with zero attached hydrogens (tertiary/aromatic N) is 4. The Kier molecular flexibility index (Phi) is 6.24. The summed E-state index contributed by atoms with van der Waals surface area (Å²) < 4.78 is 3.23. The maximum Gasteiger partial charge on any atom is 0.234 e. The summed E-state index contributed by atoms with van der Waals surface area (Å²) in [5.74, 6) is 0.0534. The van der Waals surface area contributed by atoms with Gasteiger partial charge in [-0.3, -0.25) is 14.4 Å². The van der Waals surface area contributed by atoms with Crippen molar-refractivity contribution in [3.05, 3.63) is 82.1 Å². The van der Waals surface area contributed by atoms with Gasteiger partial charge in [0.15, 0.2) is 0 Å². The molecule has 6 nitrogen and oxygen atoms in total. The predicted molar refractivity (Wildman–Crippen MR) is 132 cm³/mol. The van der Waals surface area contributed by atoms with Gasteiger partial charge in [-0.2, -0.15) is 5.10 Å². The van der Waals surface area contributed by atoms with Crippen molar-refractivity contribution >= 4 is 27.5 Å². The highest BCUT2D eigenvalue weighted by Gasteiger charge is 2.30. The molecule has 1 aliphatic heterocycles. The number of aryl methyl sites for hydroxylation is 1. The molecule has 0 saturated carbocycles. The molecule has 7 heteroatoms. The van der Waals surface area contributed by atoms with Crippen molar-refractivity contribution in [1.29, 1.82) is 0 Å². The lowest BCUT2D eigenvalue weighted by atomic mass is 10.2. The molecule has 0 aliphatic carbocycles. The minimum atomic E-state index is 0.0534. The Bertz CT molecular complexity index is 1230. The molecule has 1 unspecified atom stereocenters. The van der Waals surface area contributed by atoms with Gasteiger partial charge in [0, 0.05) is 17.8 Å². The molecule has 0 radical (unpaired) electrons. The van der Waals surface area contributed by atoms with E-state index in [0.717, 1.165) is 53.4 Å². The standard InChI is InChI=1S/C26H29N5OS/c1-18-21(19(2)31(29-18)16-20-9-4-3-5-10-20)15-27-25(32)17-30-14-8-12-23(30)26-28-22-11-6-7-13-24(22)33-26/h3-7,9-11,13,23H,8,12,14-17H2,1-2H3,(H,27,32). The van der Waals surface area contributed by atoms with Crippen molar-refractivity contribution in [2.24, 2.45) is 0 Å². The molecular formula is C26H29N5OS. The van der Waals surface area contributed by atoms with Crippen LogP contribution in [0.2, 0.25) is 0 Å². The molecule has 0 spiro atoms. The summed E-state index contributed by atoms with van der Waals surface area (Å²) >= 11 is 1.75. The molecule has 1 aliphatic rings. The van der Waals surface area contributed by atoms with Gasteiger partial charge in [-0.25, -0.2) is 4.98 Å². The second-order valence-electron chi connectivity index (χ2n) is 8.72. The van der Waals surface area contributed by atoms with Crippen LogP contribution >= 0.6 is 11.3 Å². The topological polar surface area (TPSA) is 63.1 Å². The number of fused-ring (bicyclic) bond motifs is 1. The van der Waals surface area contributed by atoms with Gasteiger partial charge < -0.3 is 5.32 Å². The SMILES string of the molecule is Cc1nn(Cc2ccccc2)c(C)c1CNC(=O)CN1CCCC1c1nc2ccccc2s1. The molecule has 2 aromatic heterocycles. The van der Waals surface area contributed by atoms with Crippen molar-refractivity contribution in [3.63, 3.8) is 0 Å². The molecule has 1 fully saturated rings. The smallest absolute Gasteiger partial charge is 0.234 e. The first-order valence-electron chi connectivity index (χ1n) is 11.5. The maximum atomic E-state index is 12.8. The fraction of sp³-hybridized carbons (Fsp3) is 0.346. The summed E-state index contributed by atoms with van der Waals surface area (Å²) in [6, 6.07) is 18.8. The second kappa shape index (κ2) is 9.45. The third kappa shape index (κ3) is 4.70. The number of rotatable bonds is 7. The molecule has 4 aromatic rings. The molecule has 1 amide bonds. The predicted octanol–water partition coefficient (Wildman–Crippen LogP) is 4.61. The molecule has 1 atom stereocenters. The summed E-state index contributed by atoms with van der Waals surface area (Å²) in [5.41, 5.74) is 5.44. The fourth-order valence-corrected chi connectivity index (χ4v) is 5.79. The van der Waals surface area contributed by atoms with Crippen LogP contribution in [0.1, 0.15) is 46.4 Å². The molecule has 33 heavy (non-hydrogen) atoms. The average Bonchev–Trinajstić information content (AvgIpc) is 3.51. The zero-order valence-corrected chi connectivity index (χ0v) is 19.9. The Hall–Kier alpha value is -3.03. The largest absolute Gasteiger partial charge is 0.351 e. The quantitative estimate of drug-likeness (QED) is 0.438. The Balaban J connectivity index is 1.21. The van der Waals surface area contributed by atoms with Crippen molar-refractivity contribution in [1.82, 2.24) is 25.0 Å². The van der Waals surface area contributed by atoms with Crippen molar-refractivity contribution < 1.29 is 4.79 Å². The van der Waals surface area contributed by atoms with Gasteiger partial charge in [-0.05, 0) is 50.9 Å². The molecule has 3 heterocycles. The number of amides is 1. The van der Waals surface area contributed by atoms with Gasteiger partial charge in [-0.1, -0.05) is 42.5 Å². The van der Waals surface area contributed by atoms with Crippen LogP contribution in [0.4, 0.5) is 0 Å². The summed E-state index contributed by atoms with van der Waals surface area (Å²) in [7, 11) is 0. The van der Waals surface area contributed by atoms with Gasteiger partial charge in [0.05, 0.1) is 35.0 Å². The lowest BCUT2D eigenvalue weighted by Gasteiger charge is -2.22. The maximum absolute atomic E-state index is 12.8. The van der Waals surface area contributed by atoms with E-state index in [4.69, 9.17) is 10.1 Å². The molecule has 5 rings (SSSR count). The first kappa shape index (κ1) is 21.8. The van der Waals surface area contributed by atoms with E-state index in [2.05, 4.69) is 47.5 Å². The van der Waals surface area contributed by atoms with Crippen LogP contribution in [0, 0.1) is 13.8 Å². The number of nitrogens with one attached hydrogen (secondary N) is 1. The lowest BCUT2D eigenvalue weighted by molar-refractivity contribution is -0.122. The highest BCUT2D eigenvalue weighted by molar-refractivity contribution is 7.18. The Labute approximate surface area is 198 Å². The van der Waals surface area contributed by atoms with E-state index in [-0.39, 0.29) is 11.9 Å². The number of para-hydroxylation sites is 1. The van der Waals surface area contributed by atoms with E-state index in [1.165, 1.54) is 10.3 Å². The third-order valence-corrected chi connectivity index (χ3v) is 7.61. The van der Waals surface area contributed by atoms with Gasteiger partial charge >= 0.3 is 0 Å². The third-order valence-electron chi connectivity index (χ3n) is 6.47. The molecule has 170 valence electrons. The van der Waals surface area contributed by atoms with E-state index in [1.54, 1.807) is 11.3 Å². The zero-order valence-electron chi connectivity index (χ0n) is 19.1. The zero-order chi connectivity index (χ0) is 22.8. The number of benzene rings is 2. The number of carbonyl (C=O) groups excluding carboxylic acids is 1. The van der Waals surface area contributed by atoms with Crippen LogP contribution in [-0.4, -0.2) is 38.7 Å². The molecule has 2 aromatic carbocycles. The van der Waals surface area contributed by atoms with E-state index < -0.39 is 0 Å². The first-order chi connectivity index (χ1) is 16.1. The number of thiazole rings is 1. The molecular weight excluding hydrogens is 430 g/mol. The number of hydrogen-bond acceptors (Lipinski definition) is 5. The molecule has 1 saturated heterocycles. The Morgan fingerprint density at radius 3 is 2.73 bits per heavy atom. The van der Waals surface area contributed by atoms with Gasteiger partial charge in [-0.15, -0.1) is 11.3 Å². The van der Waals surface area contributed by atoms with Crippen LogP contribution in [0.15, 0.2) is 54.6 Å². The van der Waals surface area contributed by atoms with Crippen LogP contribution in [0.3, 0.4) is 0 Å². The fourth-order valence-electron chi connectivity index (χ4n) is 4.66. The Morgan fingerprint density at radius 2 is 1.91 bits per heavy atom. The van der Waals surface area contributed by atoms with E-state index >= 15 is 0 Å². The van der Waals surface area contributed by atoms with E-state index in [1.807, 2.05) is 35.9 Å².